The van der Waals surface area contributed by atoms with Crippen molar-refractivity contribution in [3.63, 3.8) is 0 Å². The molecule has 0 N–H and O–H groups in total. The number of hydrogen-bond acceptors (Lipinski definition) is 2. The fourth-order valence-corrected chi connectivity index (χ4v) is 1.87. The number of carbonyl (C=O) groups excluding carboxylic acids is 1. The minimum absolute atomic E-state index is 0.599. The van der Waals surface area contributed by atoms with E-state index >= 15 is 0 Å². The van der Waals surface area contributed by atoms with Crippen molar-refractivity contribution >= 4 is 17.9 Å². The maximum Gasteiger partial charge on any atom is 0.151 e. The molecular weight excluding hydrogens is 224 g/mol. The van der Waals surface area contributed by atoms with Gasteiger partial charge in [-0.1, -0.05) is 11.6 Å². The number of aldehydes is 1. The molecule has 16 heavy (non-hydrogen) atoms. The number of hydrogen-bond donors (Lipinski definition) is 0. The zero-order valence-electron chi connectivity index (χ0n) is 9.07. The Morgan fingerprint density at radius 3 is 2.62 bits per heavy atom. The van der Waals surface area contributed by atoms with Gasteiger partial charge in [0.2, 0.25) is 0 Å². The van der Waals surface area contributed by atoms with Crippen molar-refractivity contribution in [1.82, 2.24) is 9.55 Å². The number of rotatable bonds is 2. The molecule has 3 nitrogen and oxygen atoms in total. The molecule has 0 aliphatic rings. The summed E-state index contributed by atoms with van der Waals surface area (Å²) < 4.78 is 1.93. The van der Waals surface area contributed by atoms with Gasteiger partial charge in [0.1, 0.15) is 5.82 Å². The van der Waals surface area contributed by atoms with Gasteiger partial charge in [0.05, 0.1) is 5.02 Å². The van der Waals surface area contributed by atoms with Crippen molar-refractivity contribution in [1.29, 1.82) is 0 Å². The lowest BCUT2D eigenvalue weighted by atomic mass is 10.3. The van der Waals surface area contributed by atoms with Gasteiger partial charge in [-0.2, -0.15) is 0 Å². The van der Waals surface area contributed by atoms with Crippen LogP contribution in [0.15, 0.2) is 24.4 Å². The minimum Gasteiger partial charge on any atom is -0.302 e. The molecule has 4 heteroatoms. The third kappa shape index (κ3) is 1.74. The summed E-state index contributed by atoms with van der Waals surface area (Å²) in [6, 6.07) is 5.46. The zero-order chi connectivity index (χ0) is 11.7. The Morgan fingerprint density at radius 1 is 1.38 bits per heavy atom. The first-order valence-corrected chi connectivity index (χ1v) is 5.27. The summed E-state index contributed by atoms with van der Waals surface area (Å²) >= 11 is 5.78. The first-order valence-electron chi connectivity index (χ1n) is 4.89. The quantitative estimate of drug-likeness (QED) is 0.749. The summed E-state index contributed by atoms with van der Waals surface area (Å²) in [5.41, 5.74) is 2.56. The van der Waals surface area contributed by atoms with Crippen molar-refractivity contribution in [3.8, 4) is 5.82 Å². The molecule has 0 fully saturated rings. The van der Waals surface area contributed by atoms with Crippen LogP contribution in [0.1, 0.15) is 21.7 Å². The topological polar surface area (TPSA) is 34.9 Å². The zero-order valence-corrected chi connectivity index (χ0v) is 9.82. The highest BCUT2D eigenvalue weighted by molar-refractivity contribution is 6.30. The molecule has 0 aliphatic heterocycles. The Bertz CT molecular complexity index is 529. The second kappa shape index (κ2) is 4.10. The van der Waals surface area contributed by atoms with E-state index in [1.807, 2.05) is 30.5 Å². The maximum atomic E-state index is 10.8. The van der Waals surface area contributed by atoms with Gasteiger partial charge in [-0.3, -0.25) is 4.79 Å². The van der Waals surface area contributed by atoms with E-state index in [0.29, 0.717) is 10.6 Å². The molecule has 0 saturated heterocycles. The maximum absolute atomic E-state index is 10.8. The van der Waals surface area contributed by atoms with E-state index in [1.165, 1.54) is 0 Å². The van der Waals surface area contributed by atoms with Crippen LogP contribution >= 0.6 is 11.6 Å². The van der Waals surface area contributed by atoms with Crippen LogP contribution in [0.5, 0.6) is 0 Å². The summed E-state index contributed by atoms with van der Waals surface area (Å²) in [6.07, 6.45) is 2.45. The Hall–Kier alpha value is -1.61. The summed E-state index contributed by atoms with van der Waals surface area (Å²) in [5.74, 6) is 0.771. The molecule has 0 saturated carbocycles. The number of carbonyl (C=O) groups is 1. The average molecular weight is 235 g/mol. The molecule has 0 bridgehead atoms. The second-order valence-electron chi connectivity index (χ2n) is 3.61. The van der Waals surface area contributed by atoms with Crippen LogP contribution in [0.4, 0.5) is 0 Å². The minimum atomic E-state index is 0.599. The summed E-state index contributed by atoms with van der Waals surface area (Å²) in [5, 5.41) is 0.599. The van der Waals surface area contributed by atoms with Crippen LogP contribution < -0.4 is 0 Å². The lowest BCUT2D eigenvalue weighted by Gasteiger charge is -2.07. The average Bonchev–Trinajstić information content (AvgIpc) is 2.56. The third-order valence-corrected chi connectivity index (χ3v) is 2.76. The molecule has 2 rings (SSSR count). The molecule has 2 aromatic heterocycles. The second-order valence-corrected chi connectivity index (χ2v) is 4.05. The van der Waals surface area contributed by atoms with Crippen molar-refractivity contribution in [3.05, 3.63) is 46.4 Å². The number of nitrogens with zero attached hydrogens (tertiary/aromatic N) is 2. The highest BCUT2D eigenvalue weighted by atomic mass is 35.5. The van der Waals surface area contributed by atoms with Gasteiger partial charge in [-0.15, -0.1) is 0 Å². The lowest BCUT2D eigenvalue weighted by molar-refractivity contribution is 0.112. The first kappa shape index (κ1) is 10.9. The van der Waals surface area contributed by atoms with Crippen molar-refractivity contribution in [2.24, 2.45) is 0 Å². The van der Waals surface area contributed by atoms with Crippen LogP contribution in [0.25, 0.3) is 5.82 Å². The van der Waals surface area contributed by atoms with Crippen LogP contribution in [-0.4, -0.2) is 15.8 Å². The number of pyridine rings is 1. The Kier molecular flexibility index (Phi) is 2.79. The van der Waals surface area contributed by atoms with Gasteiger partial charge in [0, 0.05) is 23.1 Å². The van der Waals surface area contributed by atoms with E-state index in [1.54, 1.807) is 12.3 Å². The van der Waals surface area contributed by atoms with E-state index in [-0.39, 0.29) is 0 Å². The molecule has 0 radical (unpaired) electrons. The SMILES string of the molecule is Cc1cc(C=O)c(C)n1-c1ccc(Cl)cn1. The smallest absolute Gasteiger partial charge is 0.151 e. The lowest BCUT2D eigenvalue weighted by Crippen LogP contribution is -2.01. The van der Waals surface area contributed by atoms with Crippen LogP contribution in [0.3, 0.4) is 0 Å². The predicted molar refractivity (Wildman–Crippen MR) is 63.4 cm³/mol. The van der Waals surface area contributed by atoms with Crippen molar-refractivity contribution < 1.29 is 4.79 Å². The predicted octanol–water partition coefficient (Wildman–Crippen LogP) is 2.96. The molecule has 2 aromatic rings. The normalized spacial score (nSPS) is 10.4. The summed E-state index contributed by atoms with van der Waals surface area (Å²) in [7, 11) is 0. The summed E-state index contributed by atoms with van der Waals surface area (Å²) in [4.78, 5) is 15.1. The molecule has 0 atom stereocenters. The number of aromatic nitrogens is 2. The molecule has 0 aliphatic carbocycles. The van der Waals surface area contributed by atoms with Crippen molar-refractivity contribution in [2.45, 2.75) is 13.8 Å². The molecule has 0 spiro atoms. The van der Waals surface area contributed by atoms with E-state index in [4.69, 9.17) is 11.6 Å². The largest absolute Gasteiger partial charge is 0.302 e. The number of aryl methyl sites for hydroxylation is 1. The molecule has 82 valence electrons. The van der Waals surface area contributed by atoms with E-state index in [2.05, 4.69) is 4.98 Å². The monoisotopic (exact) mass is 234 g/mol. The number of halogens is 1. The standard InChI is InChI=1S/C12H11ClN2O/c1-8-5-10(7-16)9(2)15(8)12-4-3-11(13)6-14-12/h3-7H,1-2H3. The Labute approximate surface area is 98.7 Å². The first-order chi connectivity index (χ1) is 7.63. The Balaban J connectivity index is 2.59. The highest BCUT2D eigenvalue weighted by Crippen LogP contribution is 2.19. The van der Waals surface area contributed by atoms with Gasteiger partial charge in [0.25, 0.3) is 0 Å². The summed E-state index contributed by atoms with van der Waals surface area (Å²) in [6.45, 7) is 3.84. The fourth-order valence-electron chi connectivity index (χ4n) is 1.76. The van der Waals surface area contributed by atoms with Crippen LogP contribution in [-0.2, 0) is 0 Å². The Morgan fingerprint density at radius 2 is 2.12 bits per heavy atom. The molecule has 0 unspecified atom stereocenters. The van der Waals surface area contributed by atoms with Gasteiger partial charge < -0.3 is 4.57 Å². The van der Waals surface area contributed by atoms with Gasteiger partial charge >= 0.3 is 0 Å². The molecule has 0 amide bonds. The molecule has 0 aromatic carbocycles. The van der Waals surface area contributed by atoms with Gasteiger partial charge in [-0.05, 0) is 32.0 Å². The van der Waals surface area contributed by atoms with E-state index in [9.17, 15) is 4.79 Å². The van der Waals surface area contributed by atoms with Crippen molar-refractivity contribution in [2.75, 3.05) is 0 Å². The van der Waals surface area contributed by atoms with Gasteiger partial charge in [-0.25, -0.2) is 4.98 Å². The molecule has 2 heterocycles. The molecular formula is C12H11ClN2O. The van der Waals surface area contributed by atoms with E-state index in [0.717, 1.165) is 23.5 Å². The van der Waals surface area contributed by atoms with Crippen LogP contribution in [0.2, 0.25) is 5.02 Å². The fraction of sp³-hybridized carbons (Fsp3) is 0.167. The van der Waals surface area contributed by atoms with E-state index < -0.39 is 0 Å². The highest BCUT2D eigenvalue weighted by Gasteiger charge is 2.10. The van der Waals surface area contributed by atoms with Gasteiger partial charge in [0.15, 0.2) is 6.29 Å². The van der Waals surface area contributed by atoms with Crippen LogP contribution in [0, 0.1) is 13.8 Å². The third-order valence-electron chi connectivity index (χ3n) is 2.54.